The number of imidazole rings is 1. The number of carbonyl (C=O) groups is 1. The van der Waals surface area contributed by atoms with Crippen LogP contribution < -0.4 is 0 Å². The molecule has 3 aromatic rings. The molecule has 2 aromatic heterocycles. The number of H-pyrrole nitrogens is 1. The highest BCUT2D eigenvalue weighted by Crippen LogP contribution is 2.21. The number of aromatic amines is 1. The van der Waals surface area contributed by atoms with Crippen molar-refractivity contribution < 1.29 is 9.53 Å². The monoisotopic (exact) mass is 296 g/mol. The van der Waals surface area contributed by atoms with Gasteiger partial charge in [0, 0.05) is 5.56 Å². The van der Waals surface area contributed by atoms with Crippen LogP contribution in [-0.2, 0) is 4.74 Å². The fraction of sp³-hybridized carbons (Fsp3) is 0.250. The van der Waals surface area contributed by atoms with E-state index in [-0.39, 0.29) is 5.97 Å². The van der Waals surface area contributed by atoms with Crippen LogP contribution in [0.15, 0.2) is 36.8 Å². The van der Waals surface area contributed by atoms with E-state index in [1.165, 1.54) is 6.33 Å². The quantitative estimate of drug-likeness (QED) is 0.735. The molecule has 2 heterocycles. The molecule has 0 aliphatic carbocycles. The predicted octanol–water partition coefficient (Wildman–Crippen LogP) is 2.98. The summed E-state index contributed by atoms with van der Waals surface area (Å²) in [5.41, 5.74) is 2.09. The number of aromatic nitrogens is 4. The van der Waals surface area contributed by atoms with Crippen LogP contribution in [0.2, 0.25) is 0 Å². The van der Waals surface area contributed by atoms with E-state index in [9.17, 15) is 4.79 Å². The second-order valence-corrected chi connectivity index (χ2v) is 5.93. The van der Waals surface area contributed by atoms with Gasteiger partial charge in [0.1, 0.15) is 23.3 Å². The molecule has 0 saturated heterocycles. The first-order valence-corrected chi connectivity index (χ1v) is 6.92. The van der Waals surface area contributed by atoms with E-state index < -0.39 is 5.60 Å². The van der Waals surface area contributed by atoms with E-state index in [4.69, 9.17) is 4.74 Å². The summed E-state index contributed by atoms with van der Waals surface area (Å²) in [5, 5.41) is 0. The lowest BCUT2D eigenvalue weighted by Gasteiger charge is -2.19. The number of carbonyl (C=O) groups excluding carboxylic acids is 1. The first-order chi connectivity index (χ1) is 10.4. The highest BCUT2D eigenvalue weighted by molar-refractivity contribution is 5.91. The average Bonchev–Trinajstić information content (AvgIpc) is 2.89. The van der Waals surface area contributed by atoms with Crippen molar-refractivity contribution in [1.82, 2.24) is 19.9 Å². The topological polar surface area (TPSA) is 80.8 Å². The SMILES string of the molecule is CC(C)(C)OC(=O)c1cccc(-c2nc3ncncc3[nH]2)c1. The molecule has 0 unspecified atom stereocenters. The van der Waals surface area contributed by atoms with Crippen LogP contribution in [0.1, 0.15) is 31.1 Å². The Balaban J connectivity index is 1.95. The molecule has 0 radical (unpaired) electrons. The zero-order valence-corrected chi connectivity index (χ0v) is 12.6. The minimum Gasteiger partial charge on any atom is -0.456 e. The second-order valence-electron chi connectivity index (χ2n) is 5.93. The van der Waals surface area contributed by atoms with Crippen molar-refractivity contribution >= 4 is 17.1 Å². The van der Waals surface area contributed by atoms with Crippen molar-refractivity contribution in [3.05, 3.63) is 42.4 Å². The van der Waals surface area contributed by atoms with Crippen molar-refractivity contribution in [2.75, 3.05) is 0 Å². The number of ether oxygens (including phenoxy) is 1. The van der Waals surface area contributed by atoms with Gasteiger partial charge in [-0.05, 0) is 32.9 Å². The van der Waals surface area contributed by atoms with Gasteiger partial charge in [-0.25, -0.2) is 19.7 Å². The van der Waals surface area contributed by atoms with Crippen LogP contribution in [0.25, 0.3) is 22.6 Å². The lowest BCUT2D eigenvalue weighted by molar-refractivity contribution is 0.00696. The van der Waals surface area contributed by atoms with Gasteiger partial charge < -0.3 is 9.72 Å². The summed E-state index contributed by atoms with van der Waals surface area (Å²) in [5.74, 6) is 0.283. The zero-order chi connectivity index (χ0) is 15.7. The zero-order valence-electron chi connectivity index (χ0n) is 12.6. The number of hydrogen-bond donors (Lipinski definition) is 1. The third kappa shape index (κ3) is 2.95. The summed E-state index contributed by atoms with van der Waals surface area (Å²) in [6.07, 6.45) is 3.11. The Morgan fingerprint density at radius 3 is 2.82 bits per heavy atom. The standard InChI is InChI=1S/C16H16N4O2/c1-16(2,3)22-15(21)11-6-4-5-10(7-11)13-19-12-8-17-9-18-14(12)20-13/h4-9H,1-3H3,(H,17,18,19,20). The van der Waals surface area contributed by atoms with Gasteiger partial charge in [0.15, 0.2) is 5.65 Å². The van der Waals surface area contributed by atoms with Crippen LogP contribution in [0, 0.1) is 0 Å². The van der Waals surface area contributed by atoms with Gasteiger partial charge in [-0.15, -0.1) is 0 Å². The third-order valence-electron chi connectivity index (χ3n) is 2.93. The first-order valence-electron chi connectivity index (χ1n) is 6.92. The van der Waals surface area contributed by atoms with Crippen LogP contribution >= 0.6 is 0 Å². The van der Waals surface area contributed by atoms with Gasteiger partial charge in [0.2, 0.25) is 0 Å². The summed E-state index contributed by atoms with van der Waals surface area (Å²) in [6.45, 7) is 5.52. The lowest BCUT2D eigenvalue weighted by Crippen LogP contribution is -2.23. The normalized spacial score (nSPS) is 11.6. The summed E-state index contributed by atoms with van der Waals surface area (Å²) >= 11 is 0. The Bertz CT molecular complexity index is 800. The van der Waals surface area contributed by atoms with Crippen molar-refractivity contribution in [1.29, 1.82) is 0 Å². The number of benzene rings is 1. The average molecular weight is 296 g/mol. The maximum Gasteiger partial charge on any atom is 0.338 e. The van der Waals surface area contributed by atoms with Crippen molar-refractivity contribution in [3.63, 3.8) is 0 Å². The van der Waals surface area contributed by atoms with Crippen molar-refractivity contribution in [2.24, 2.45) is 0 Å². The molecule has 112 valence electrons. The van der Waals surface area contributed by atoms with E-state index in [1.807, 2.05) is 26.8 Å². The van der Waals surface area contributed by atoms with E-state index in [1.54, 1.807) is 24.4 Å². The Morgan fingerprint density at radius 1 is 1.27 bits per heavy atom. The second kappa shape index (κ2) is 5.22. The number of fused-ring (bicyclic) bond motifs is 1. The van der Waals surface area contributed by atoms with E-state index >= 15 is 0 Å². The Kier molecular flexibility index (Phi) is 3.36. The largest absolute Gasteiger partial charge is 0.456 e. The Morgan fingerprint density at radius 2 is 2.09 bits per heavy atom. The number of rotatable bonds is 2. The molecular weight excluding hydrogens is 280 g/mol. The molecule has 0 bridgehead atoms. The Hall–Kier alpha value is -2.76. The number of esters is 1. The van der Waals surface area contributed by atoms with E-state index in [0.717, 1.165) is 11.1 Å². The molecule has 6 heteroatoms. The van der Waals surface area contributed by atoms with Gasteiger partial charge in [-0.1, -0.05) is 12.1 Å². The first kappa shape index (κ1) is 14.2. The fourth-order valence-electron chi connectivity index (χ4n) is 2.03. The van der Waals surface area contributed by atoms with Crippen LogP contribution in [0.3, 0.4) is 0 Å². The molecule has 0 amide bonds. The van der Waals surface area contributed by atoms with Gasteiger partial charge in [0.05, 0.1) is 11.8 Å². The minimum absolute atomic E-state index is 0.356. The highest BCUT2D eigenvalue weighted by atomic mass is 16.6. The van der Waals surface area contributed by atoms with Crippen LogP contribution in [0.5, 0.6) is 0 Å². The molecule has 0 atom stereocenters. The molecule has 0 aliphatic rings. The van der Waals surface area contributed by atoms with Gasteiger partial charge in [-0.3, -0.25) is 0 Å². The molecule has 1 aromatic carbocycles. The lowest BCUT2D eigenvalue weighted by atomic mass is 10.1. The van der Waals surface area contributed by atoms with Gasteiger partial charge in [0.25, 0.3) is 0 Å². The molecular formula is C16H16N4O2. The molecule has 6 nitrogen and oxygen atoms in total. The molecule has 0 spiro atoms. The summed E-state index contributed by atoms with van der Waals surface area (Å²) in [7, 11) is 0. The smallest absolute Gasteiger partial charge is 0.338 e. The predicted molar refractivity (Wildman–Crippen MR) is 82.3 cm³/mol. The number of hydrogen-bond acceptors (Lipinski definition) is 5. The summed E-state index contributed by atoms with van der Waals surface area (Å²) < 4.78 is 5.38. The molecule has 0 aliphatic heterocycles. The molecule has 1 N–H and O–H groups in total. The van der Waals surface area contributed by atoms with E-state index in [0.29, 0.717) is 17.0 Å². The van der Waals surface area contributed by atoms with Gasteiger partial charge >= 0.3 is 5.97 Å². The summed E-state index contributed by atoms with van der Waals surface area (Å²) in [4.78, 5) is 27.7. The highest BCUT2D eigenvalue weighted by Gasteiger charge is 2.18. The molecule has 0 fully saturated rings. The number of nitrogens with one attached hydrogen (secondary N) is 1. The summed E-state index contributed by atoms with van der Waals surface area (Å²) in [6, 6.07) is 7.14. The maximum absolute atomic E-state index is 12.1. The molecule has 3 rings (SSSR count). The van der Waals surface area contributed by atoms with Crippen molar-refractivity contribution in [3.8, 4) is 11.4 Å². The minimum atomic E-state index is -0.526. The molecule has 0 saturated carbocycles. The maximum atomic E-state index is 12.1. The van der Waals surface area contributed by atoms with Crippen molar-refractivity contribution in [2.45, 2.75) is 26.4 Å². The third-order valence-corrected chi connectivity index (χ3v) is 2.93. The van der Waals surface area contributed by atoms with Crippen LogP contribution in [0.4, 0.5) is 0 Å². The Labute approximate surface area is 127 Å². The van der Waals surface area contributed by atoms with Crippen LogP contribution in [-0.4, -0.2) is 31.5 Å². The number of nitrogens with zero attached hydrogens (tertiary/aromatic N) is 3. The fourth-order valence-corrected chi connectivity index (χ4v) is 2.03. The molecule has 22 heavy (non-hydrogen) atoms. The van der Waals surface area contributed by atoms with E-state index in [2.05, 4.69) is 19.9 Å². The van der Waals surface area contributed by atoms with Gasteiger partial charge in [-0.2, -0.15) is 0 Å².